The summed E-state index contributed by atoms with van der Waals surface area (Å²) in [6, 6.07) is 0.533. The fraction of sp³-hybridized carbons (Fsp3) is 0.727. The van der Waals surface area contributed by atoms with Crippen molar-refractivity contribution in [2.75, 3.05) is 12.8 Å². The van der Waals surface area contributed by atoms with E-state index in [-0.39, 0.29) is 0 Å². The lowest BCUT2D eigenvalue weighted by molar-refractivity contribution is 0.538. The molecule has 6 nitrogen and oxygen atoms in total. The molecule has 0 saturated heterocycles. The maximum absolute atomic E-state index is 11.1. The molecule has 1 unspecified atom stereocenters. The topological polar surface area (TPSA) is 79.8 Å². The monoisotopic (exact) mass is 272 g/mol. The number of H-pyrrole nitrogens is 1. The Morgan fingerprint density at radius 1 is 1.44 bits per heavy atom. The van der Waals surface area contributed by atoms with Gasteiger partial charge in [0.15, 0.2) is 5.16 Å². The number of aryl methyl sites for hydroxylation is 1. The lowest BCUT2D eigenvalue weighted by Gasteiger charge is -2.09. The Morgan fingerprint density at radius 2 is 2.17 bits per heavy atom. The number of nitrogens with one attached hydrogen (secondary N) is 2. The van der Waals surface area contributed by atoms with Gasteiger partial charge in [-0.25, -0.2) is 0 Å². The SMILES string of the molecule is CNC(C)CCCCSc1nc(=O)c(=O)[nH]n1C. The van der Waals surface area contributed by atoms with Gasteiger partial charge in [-0.15, -0.1) is 0 Å². The number of aromatic amines is 1. The van der Waals surface area contributed by atoms with Crippen LogP contribution >= 0.6 is 11.8 Å². The summed E-state index contributed by atoms with van der Waals surface area (Å²) in [7, 11) is 3.64. The summed E-state index contributed by atoms with van der Waals surface area (Å²) in [5.74, 6) is 0.892. The van der Waals surface area contributed by atoms with Gasteiger partial charge in [-0.1, -0.05) is 18.2 Å². The number of hydrogen-bond acceptors (Lipinski definition) is 5. The van der Waals surface area contributed by atoms with Gasteiger partial charge in [0.1, 0.15) is 0 Å². The van der Waals surface area contributed by atoms with Crippen LogP contribution in [0.5, 0.6) is 0 Å². The summed E-state index contributed by atoms with van der Waals surface area (Å²) < 4.78 is 1.49. The maximum Gasteiger partial charge on any atom is 0.339 e. The standard InChI is InChI=1S/C11H20N4O2S/c1-8(12-2)6-4-5-7-18-11-13-9(16)10(17)14-15(11)3/h8,12H,4-7H2,1-3H3,(H,14,17). The van der Waals surface area contributed by atoms with Crippen LogP contribution in [-0.2, 0) is 7.05 Å². The maximum atomic E-state index is 11.1. The molecule has 0 radical (unpaired) electrons. The van der Waals surface area contributed by atoms with E-state index in [1.165, 1.54) is 16.4 Å². The van der Waals surface area contributed by atoms with Crippen LogP contribution in [0.3, 0.4) is 0 Å². The van der Waals surface area contributed by atoms with Crippen LogP contribution in [0, 0.1) is 0 Å². The zero-order valence-corrected chi connectivity index (χ0v) is 11.8. The van der Waals surface area contributed by atoms with E-state index in [0.29, 0.717) is 11.2 Å². The second-order valence-electron chi connectivity index (χ2n) is 4.23. The summed E-state index contributed by atoms with van der Waals surface area (Å²) in [6.07, 6.45) is 3.33. The normalized spacial score (nSPS) is 12.6. The first-order valence-corrected chi connectivity index (χ1v) is 7.00. The summed E-state index contributed by atoms with van der Waals surface area (Å²) in [4.78, 5) is 25.9. The molecule has 18 heavy (non-hydrogen) atoms. The predicted molar refractivity (Wildman–Crippen MR) is 73.2 cm³/mol. The fourth-order valence-electron chi connectivity index (χ4n) is 1.45. The summed E-state index contributed by atoms with van der Waals surface area (Å²) >= 11 is 1.49. The first kappa shape index (κ1) is 15.0. The van der Waals surface area contributed by atoms with Crippen molar-refractivity contribution in [2.24, 2.45) is 7.05 Å². The molecule has 0 bridgehead atoms. The second kappa shape index (κ2) is 7.38. The molecule has 0 aromatic carbocycles. The number of unbranched alkanes of at least 4 members (excludes halogenated alkanes) is 1. The van der Waals surface area contributed by atoms with Crippen molar-refractivity contribution in [3.8, 4) is 0 Å². The predicted octanol–water partition coefficient (Wildman–Crippen LogP) is 0.339. The number of thioether (sulfide) groups is 1. The van der Waals surface area contributed by atoms with Crippen LogP contribution in [0.15, 0.2) is 14.7 Å². The second-order valence-corrected chi connectivity index (χ2v) is 5.30. The highest BCUT2D eigenvalue weighted by atomic mass is 32.2. The molecule has 7 heteroatoms. The van der Waals surface area contributed by atoms with E-state index < -0.39 is 11.1 Å². The first-order valence-electron chi connectivity index (χ1n) is 6.02. The third-order valence-corrected chi connectivity index (χ3v) is 3.82. The lowest BCUT2D eigenvalue weighted by Crippen LogP contribution is -2.33. The van der Waals surface area contributed by atoms with E-state index >= 15 is 0 Å². The van der Waals surface area contributed by atoms with E-state index in [1.54, 1.807) is 7.05 Å². The third kappa shape index (κ3) is 4.66. The minimum Gasteiger partial charge on any atom is -0.317 e. The molecule has 0 saturated carbocycles. The molecule has 2 N–H and O–H groups in total. The molecular formula is C11H20N4O2S. The largest absolute Gasteiger partial charge is 0.339 e. The van der Waals surface area contributed by atoms with Crippen molar-refractivity contribution >= 4 is 11.8 Å². The number of nitrogens with zero attached hydrogens (tertiary/aromatic N) is 2. The Kier molecular flexibility index (Phi) is 6.14. The minimum absolute atomic E-state index is 0.533. The van der Waals surface area contributed by atoms with Crippen molar-refractivity contribution in [2.45, 2.75) is 37.4 Å². The summed E-state index contributed by atoms with van der Waals surface area (Å²) in [6.45, 7) is 2.15. The smallest absolute Gasteiger partial charge is 0.317 e. The molecule has 1 aromatic heterocycles. The van der Waals surface area contributed by atoms with Crippen molar-refractivity contribution < 1.29 is 0 Å². The van der Waals surface area contributed by atoms with Gasteiger partial charge in [-0.05, 0) is 26.8 Å². The van der Waals surface area contributed by atoms with Crippen LogP contribution in [0.1, 0.15) is 26.2 Å². The molecule has 1 aromatic rings. The Hall–Kier alpha value is -1.08. The van der Waals surface area contributed by atoms with Crippen molar-refractivity contribution in [3.63, 3.8) is 0 Å². The van der Waals surface area contributed by atoms with Gasteiger partial charge >= 0.3 is 11.1 Å². The highest BCUT2D eigenvalue weighted by Gasteiger charge is 2.04. The molecule has 1 heterocycles. The Bertz CT molecular complexity index is 483. The Balaban J connectivity index is 2.38. The van der Waals surface area contributed by atoms with Gasteiger partial charge in [-0.3, -0.25) is 19.4 Å². The third-order valence-electron chi connectivity index (χ3n) is 2.70. The van der Waals surface area contributed by atoms with E-state index in [0.717, 1.165) is 25.0 Å². The molecule has 1 rings (SSSR count). The zero-order valence-electron chi connectivity index (χ0n) is 11.0. The number of rotatable bonds is 7. The minimum atomic E-state index is -0.723. The van der Waals surface area contributed by atoms with E-state index in [9.17, 15) is 9.59 Å². The van der Waals surface area contributed by atoms with Crippen molar-refractivity contribution in [1.29, 1.82) is 0 Å². The molecule has 0 fully saturated rings. The quantitative estimate of drug-likeness (QED) is 0.425. The Morgan fingerprint density at radius 3 is 2.83 bits per heavy atom. The van der Waals surface area contributed by atoms with E-state index in [4.69, 9.17) is 0 Å². The van der Waals surface area contributed by atoms with Gasteiger partial charge in [0.2, 0.25) is 0 Å². The Labute approximate surface area is 110 Å². The molecule has 0 aliphatic carbocycles. The molecule has 0 aliphatic rings. The van der Waals surface area contributed by atoms with Crippen LogP contribution in [0.25, 0.3) is 0 Å². The van der Waals surface area contributed by atoms with Gasteiger partial charge in [0, 0.05) is 18.8 Å². The highest BCUT2D eigenvalue weighted by Crippen LogP contribution is 2.14. The van der Waals surface area contributed by atoms with Crippen LogP contribution < -0.4 is 16.4 Å². The first-order chi connectivity index (χ1) is 8.54. The van der Waals surface area contributed by atoms with Crippen LogP contribution in [0.4, 0.5) is 0 Å². The molecule has 0 spiro atoms. The van der Waals surface area contributed by atoms with Crippen LogP contribution in [-0.4, -0.2) is 33.6 Å². The van der Waals surface area contributed by atoms with E-state index in [1.807, 2.05) is 7.05 Å². The molecule has 0 amide bonds. The van der Waals surface area contributed by atoms with Gasteiger partial charge < -0.3 is 5.32 Å². The van der Waals surface area contributed by atoms with Crippen LogP contribution in [0.2, 0.25) is 0 Å². The lowest BCUT2D eigenvalue weighted by atomic mass is 10.1. The van der Waals surface area contributed by atoms with Gasteiger partial charge in [-0.2, -0.15) is 4.98 Å². The van der Waals surface area contributed by atoms with Crippen molar-refractivity contribution in [1.82, 2.24) is 20.1 Å². The summed E-state index contributed by atoms with van der Waals surface area (Å²) in [5, 5.41) is 6.18. The van der Waals surface area contributed by atoms with Gasteiger partial charge in [0.25, 0.3) is 0 Å². The molecular weight excluding hydrogens is 252 g/mol. The fourth-order valence-corrected chi connectivity index (χ4v) is 2.37. The average Bonchev–Trinajstić information content (AvgIpc) is 2.34. The van der Waals surface area contributed by atoms with Crippen molar-refractivity contribution in [3.05, 3.63) is 20.7 Å². The number of aromatic nitrogens is 3. The van der Waals surface area contributed by atoms with Gasteiger partial charge in [0.05, 0.1) is 0 Å². The molecule has 1 atom stereocenters. The molecule has 0 aliphatic heterocycles. The molecule has 102 valence electrons. The average molecular weight is 272 g/mol. The van der Waals surface area contributed by atoms with E-state index in [2.05, 4.69) is 22.3 Å². The summed E-state index contributed by atoms with van der Waals surface area (Å²) in [5.41, 5.74) is -1.40. The highest BCUT2D eigenvalue weighted by molar-refractivity contribution is 7.99. The zero-order chi connectivity index (χ0) is 13.5. The number of hydrogen-bond donors (Lipinski definition) is 2.